The normalized spacial score (nSPS) is 19.2. The van der Waals surface area contributed by atoms with E-state index in [-0.39, 0.29) is 17.5 Å². The van der Waals surface area contributed by atoms with Crippen LogP contribution in [0.2, 0.25) is 0 Å². The van der Waals surface area contributed by atoms with Crippen LogP contribution in [-0.2, 0) is 13.2 Å². The maximum Gasteiger partial charge on any atom is 0.416 e. The summed E-state index contributed by atoms with van der Waals surface area (Å²) in [6, 6.07) is 4.40. The molecule has 10 heteroatoms. The van der Waals surface area contributed by atoms with Crippen LogP contribution in [0.4, 0.5) is 13.2 Å². The number of imidazole rings is 1. The Morgan fingerprint density at radius 3 is 2.72 bits per heavy atom. The molecule has 2 unspecified atom stereocenters. The number of hydrogen-bond donors (Lipinski definition) is 0. The van der Waals surface area contributed by atoms with Gasteiger partial charge in [0.1, 0.15) is 5.69 Å². The van der Waals surface area contributed by atoms with Gasteiger partial charge >= 0.3 is 6.18 Å². The third-order valence-corrected chi connectivity index (χ3v) is 6.06. The fourth-order valence-electron chi connectivity index (χ4n) is 4.29. The molecule has 0 spiro atoms. The summed E-state index contributed by atoms with van der Waals surface area (Å²) in [5.74, 6) is 0.442. The van der Waals surface area contributed by atoms with E-state index in [0.717, 1.165) is 42.8 Å². The second kappa shape index (κ2) is 8.40. The number of aromatic nitrogens is 4. The Kier molecular flexibility index (Phi) is 5.79. The largest absolute Gasteiger partial charge is 0.419 e. The van der Waals surface area contributed by atoms with E-state index in [1.165, 1.54) is 17.0 Å². The predicted octanol–water partition coefficient (Wildman–Crippen LogP) is 4.60. The van der Waals surface area contributed by atoms with E-state index in [2.05, 4.69) is 15.2 Å². The van der Waals surface area contributed by atoms with Crippen molar-refractivity contribution in [3.63, 3.8) is 0 Å². The van der Waals surface area contributed by atoms with Crippen LogP contribution >= 0.6 is 0 Å². The number of nitrogens with zero attached hydrogens (tertiary/aromatic N) is 5. The highest BCUT2D eigenvalue weighted by atomic mass is 19.4. The van der Waals surface area contributed by atoms with Crippen molar-refractivity contribution in [3.8, 4) is 11.6 Å². The summed E-state index contributed by atoms with van der Waals surface area (Å²) in [4.78, 5) is 18.7. The summed E-state index contributed by atoms with van der Waals surface area (Å²) >= 11 is 0. The third-order valence-electron chi connectivity index (χ3n) is 6.06. The van der Waals surface area contributed by atoms with Crippen molar-refractivity contribution in [2.75, 3.05) is 7.05 Å². The van der Waals surface area contributed by atoms with E-state index in [9.17, 15) is 18.0 Å². The molecule has 3 aromatic rings. The number of alkyl halides is 3. The van der Waals surface area contributed by atoms with Crippen LogP contribution in [0.15, 0.2) is 35.0 Å². The van der Waals surface area contributed by atoms with E-state index in [1.807, 2.05) is 18.5 Å². The van der Waals surface area contributed by atoms with Gasteiger partial charge in [-0.25, -0.2) is 4.98 Å². The van der Waals surface area contributed by atoms with Gasteiger partial charge in [-0.05, 0) is 44.4 Å². The number of benzene rings is 1. The lowest BCUT2D eigenvalue weighted by Crippen LogP contribution is -2.40. The molecular formula is C22H24F3N5O2. The minimum absolute atomic E-state index is 0.0243. The zero-order valence-corrected chi connectivity index (χ0v) is 18.1. The molecule has 32 heavy (non-hydrogen) atoms. The van der Waals surface area contributed by atoms with Crippen molar-refractivity contribution >= 4 is 5.91 Å². The van der Waals surface area contributed by atoms with Crippen LogP contribution < -0.4 is 0 Å². The summed E-state index contributed by atoms with van der Waals surface area (Å²) in [7, 11) is 3.48. The summed E-state index contributed by atoms with van der Waals surface area (Å²) in [5, 5.41) is 8.40. The minimum atomic E-state index is -4.49. The molecule has 0 radical (unpaired) electrons. The molecule has 0 bridgehead atoms. The van der Waals surface area contributed by atoms with Crippen molar-refractivity contribution in [1.82, 2.24) is 24.6 Å². The molecule has 1 saturated carbocycles. The van der Waals surface area contributed by atoms with Crippen molar-refractivity contribution in [1.29, 1.82) is 0 Å². The number of carbonyl (C=O) groups excluding carboxylic acids is 1. The Labute approximate surface area is 183 Å². The van der Waals surface area contributed by atoms with Gasteiger partial charge in [0.2, 0.25) is 5.89 Å². The van der Waals surface area contributed by atoms with Crippen molar-refractivity contribution < 1.29 is 22.4 Å². The van der Waals surface area contributed by atoms with Crippen molar-refractivity contribution in [2.45, 2.75) is 50.7 Å². The van der Waals surface area contributed by atoms with Gasteiger partial charge < -0.3 is 13.9 Å². The second-order valence-corrected chi connectivity index (χ2v) is 8.25. The highest BCUT2D eigenvalue weighted by Crippen LogP contribution is 2.36. The first-order valence-corrected chi connectivity index (χ1v) is 10.4. The minimum Gasteiger partial charge on any atom is -0.419 e. The molecule has 1 fully saturated rings. The fourth-order valence-corrected chi connectivity index (χ4v) is 4.29. The second-order valence-electron chi connectivity index (χ2n) is 8.25. The molecule has 1 aromatic carbocycles. The molecule has 1 amide bonds. The molecular weight excluding hydrogens is 423 g/mol. The molecule has 2 atom stereocenters. The van der Waals surface area contributed by atoms with Gasteiger partial charge in [-0.15, -0.1) is 10.2 Å². The number of hydrogen-bond acceptors (Lipinski definition) is 5. The standard InChI is InChI=1S/C22H24F3N5O2/c1-13-18(29(2)12-26-13)20-28-27-19(32-20)14-6-5-9-17(11-14)30(3)21(31)15-7-4-8-16(10-15)22(23,24)25/h4,7-8,10,12,14,17H,5-6,9,11H2,1-3H3. The van der Waals surface area contributed by atoms with Crippen LogP contribution in [0, 0.1) is 6.92 Å². The summed E-state index contributed by atoms with van der Waals surface area (Å²) in [5.41, 5.74) is 0.738. The van der Waals surface area contributed by atoms with Crippen molar-refractivity contribution in [2.24, 2.45) is 7.05 Å². The van der Waals surface area contributed by atoms with Crippen LogP contribution in [0.1, 0.15) is 59.1 Å². The van der Waals surface area contributed by atoms with Gasteiger partial charge in [0, 0.05) is 31.6 Å². The van der Waals surface area contributed by atoms with E-state index in [0.29, 0.717) is 18.2 Å². The number of aryl methyl sites for hydroxylation is 2. The Bertz CT molecular complexity index is 1100. The predicted molar refractivity (Wildman–Crippen MR) is 110 cm³/mol. The van der Waals surface area contributed by atoms with E-state index in [4.69, 9.17) is 4.42 Å². The topological polar surface area (TPSA) is 77.1 Å². The van der Waals surface area contributed by atoms with Gasteiger partial charge in [0.25, 0.3) is 11.8 Å². The molecule has 2 aromatic heterocycles. The first-order chi connectivity index (χ1) is 15.1. The molecule has 0 aliphatic heterocycles. The van der Waals surface area contributed by atoms with E-state index < -0.39 is 17.6 Å². The summed E-state index contributed by atoms with van der Waals surface area (Å²) in [6.07, 6.45) is 0.241. The highest BCUT2D eigenvalue weighted by Gasteiger charge is 2.34. The van der Waals surface area contributed by atoms with Gasteiger partial charge in [-0.1, -0.05) is 12.5 Å². The molecule has 2 heterocycles. The SMILES string of the molecule is Cc1ncn(C)c1-c1nnc(C2CCCC(N(C)C(=O)c3cccc(C(F)(F)F)c3)C2)o1. The Morgan fingerprint density at radius 2 is 2.03 bits per heavy atom. The number of carbonyl (C=O) groups is 1. The monoisotopic (exact) mass is 447 g/mol. The fraction of sp³-hybridized carbons (Fsp3) is 0.455. The van der Waals surface area contributed by atoms with Crippen LogP contribution in [-0.4, -0.2) is 43.6 Å². The quantitative estimate of drug-likeness (QED) is 0.584. The van der Waals surface area contributed by atoms with Crippen LogP contribution in [0.3, 0.4) is 0 Å². The highest BCUT2D eigenvalue weighted by molar-refractivity contribution is 5.94. The summed E-state index contributed by atoms with van der Waals surface area (Å²) in [6.45, 7) is 1.87. The maximum atomic E-state index is 13.0. The average Bonchev–Trinajstić information content (AvgIpc) is 3.38. The zero-order valence-electron chi connectivity index (χ0n) is 18.1. The zero-order chi connectivity index (χ0) is 23.0. The lowest BCUT2D eigenvalue weighted by Gasteiger charge is -2.34. The van der Waals surface area contributed by atoms with Gasteiger partial charge in [0.15, 0.2) is 0 Å². The molecule has 1 aliphatic carbocycles. The molecule has 4 rings (SSSR count). The number of amides is 1. The molecule has 0 N–H and O–H groups in total. The Morgan fingerprint density at radius 1 is 1.25 bits per heavy atom. The lowest BCUT2D eigenvalue weighted by molar-refractivity contribution is -0.137. The van der Waals surface area contributed by atoms with Crippen molar-refractivity contribution in [3.05, 3.63) is 53.3 Å². The third kappa shape index (κ3) is 4.26. The molecule has 170 valence electrons. The molecule has 0 saturated heterocycles. The van der Waals surface area contributed by atoms with Crippen LogP contribution in [0.25, 0.3) is 11.6 Å². The number of rotatable bonds is 4. The van der Waals surface area contributed by atoms with Crippen LogP contribution in [0.5, 0.6) is 0 Å². The van der Waals surface area contributed by atoms with Gasteiger partial charge in [-0.3, -0.25) is 4.79 Å². The Hall–Kier alpha value is -3.17. The van der Waals surface area contributed by atoms with E-state index in [1.54, 1.807) is 13.4 Å². The molecule has 7 nitrogen and oxygen atoms in total. The average molecular weight is 447 g/mol. The molecule has 1 aliphatic rings. The lowest BCUT2D eigenvalue weighted by atomic mass is 9.84. The smallest absolute Gasteiger partial charge is 0.416 e. The summed E-state index contributed by atoms with van der Waals surface area (Å²) < 4.78 is 46.8. The number of halogens is 3. The first kappa shape index (κ1) is 22.0. The first-order valence-electron chi connectivity index (χ1n) is 10.4. The maximum absolute atomic E-state index is 13.0. The Balaban J connectivity index is 1.49. The van der Waals surface area contributed by atoms with Gasteiger partial charge in [-0.2, -0.15) is 13.2 Å². The van der Waals surface area contributed by atoms with E-state index >= 15 is 0 Å². The van der Waals surface area contributed by atoms with Gasteiger partial charge in [0.05, 0.1) is 17.6 Å².